The van der Waals surface area contributed by atoms with E-state index in [1.165, 1.54) is 12.0 Å². The molecule has 1 amide bonds. The molecule has 1 aromatic carbocycles. The average molecular weight is 312 g/mol. The summed E-state index contributed by atoms with van der Waals surface area (Å²) in [6.45, 7) is 1.99. The van der Waals surface area contributed by atoms with E-state index >= 15 is 0 Å². The van der Waals surface area contributed by atoms with Crippen LogP contribution in [0.3, 0.4) is 0 Å². The number of esters is 1. The van der Waals surface area contributed by atoms with Gasteiger partial charge in [-0.1, -0.05) is 23.7 Å². The summed E-state index contributed by atoms with van der Waals surface area (Å²) in [5, 5.41) is 3.35. The van der Waals surface area contributed by atoms with Gasteiger partial charge >= 0.3 is 5.97 Å². The highest BCUT2D eigenvalue weighted by Gasteiger charge is 2.29. The van der Waals surface area contributed by atoms with Crippen LogP contribution in [0.4, 0.5) is 5.69 Å². The topological polar surface area (TPSA) is 59.8 Å². The van der Waals surface area contributed by atoms with Gasteiger partial charge in [0.05, 0.1) is 36.8 Å². The molecule has 0 atom stereocenters. The molecule has 0 unspecified atom stereocenters. The zero-order valence-electron chi connectivity index (χ0n) is 12.0. The third kappa shape index (κ3) is 4.44. The molecule has 1 saturated heterocycles. The maximum atomic E-state index is 12.0. The summed E-state index contributed by atoms with van der Waals surface area (Å²) >= 11 is 6.01. The van der Waals surface area contributed by atoms with Crippen LogP contribution in [0.5, 0.6) is 0 Å². The molecule has 5 nitrogen and oxygen atoms in total. The average Bonchev–Trinajstić information content (AvgIpc) is 2.49. The Balaban J connectivity index is 1.80. The molecule has 1 heterocycles. The Labute approximate surface area is 129 Å². The fourth-order valence-electron chi connectivity index (χ4n) is 2.59. The lowest BCUT2D eigenvalue weighted by Crippen LogP contribution is -3.14. The quantitative estimate of drug-likeness (QED) is 0.807. The molecule has 0 aromatic heterocycles. The summed E-state index contributed by atoms with van der Waals surface area (Å²) in [5.41, 5.74) is 0.632. The standard InChI is InChI=1S/C15H19ClN2O3/c1-21-15(20)11-6-8-18(9-7-11)10-14(19)17-13-5-3-2-4-12(13)16/h2-5,11H,6-10H2,1H3,(H,17,19)/p+1. The van der Waals surface area contributed by atoms with Crippen LogP contribution in [-0.4, -0.2) is 38.6 Å². The van der Waals surface area contributed by atoms with Gasteiger partial charge in [0.15, 0.2) is 6.54 Å². The fourth-order valence-corrected chi connectivity index (χ4v) is 2.77. The molecule has 21 heavy (non-hydrogen) atoms. The van der Waals surface area contributed by atoms with Crippen molar-refractivity contribution < 1.29 is 19.2 Å². The number of carbonyl (C=O) groups is 2. The molecule has 0 aliphatic carbocycles. The Hall–Kier alpha value is -1.59. The summed E-state index contributed by atoms with van der Waals surface area (Å²) in [6, 6.07) is 7.17. The number of carbonyl (C=O) groups excluding carboxylic acids is 2. The molecule has 2 rings (SSSR count). The third-order valence-corrected chi connectivity index (χ3v) is 4.12. The van der Waals surface area contributed by atoms with Crippen LogP contribution in [0, 0.1) is 5.92 Å². The van der Waals surface area contributed by atoms with Crippen molar-refractivity contribution in [1.29, 1.82) is 0 Å². The number of anilines is 1. The van der Waals surface area contributed by atoms with Gasteiger partial charge in [0, 0.05) is 12.8 Å². The first-order valence-electron chi connectivity index (χ1n) is 7.06. The number of para-hydroxylation sites is 1. The largest absolute Gasteiger partial charge is 0.469 e. The van der Waals surface area contributed by atoms with E-state index < -0.39 is 0 Å². The number of rotatable bonds is 4. The number of likely N-dealkylation sites (tertiary alicyclic amines) is 1. The Kier molecular flexibility index (Phi) is 5.59. The van der Waals surface area contributed by atoms with Gasteiger partial charge in [-0.15, -0.1) is 0 Å². The molecule has 0 saturated carbocycles. The van der Waals surface area contributed by atoms with Gasteiger partial charge in [-0.05, 0) is 12.1 Å². The second-order valence-corrected chi connectivity index (χ2v) is 5.66. The number of benzene rings is 1. The van der Waals surface area contributed by atoms with Crippen molar-refractivity contribution in [3.8, 4) is 0 Å². The number of halogens is 1. The van der Waals surface area contributed by atoms with E-state index in [0.717, 1.165) is 25.9 Å². The van der Waals surface area contributed by atoms with Crippen molar-refractivity contribution in [2.75, 3.05) is 32.1 Å². The van der Waals surface area contributed by atoms with Gasteiger partial charge in [0.2, 0.25) is 0 Å². The van der Waals surface area contributed by atoms with Crippen molar-refractivity contribution >= 4 is 29.2 Å². The number of quaternary nitrogens is 1. The summed E-state index contributed by atoms with van der Waals surface area (Å²) in [6.07, 6.45) is 1.53. The van der Waals surface area contributed by atoms with Gasteiger partial charge in [-0.3, -0.25) is 9.59 Å². The van der Waals surface area contributed by atoms with Crippen LogP contribution >= 0.6 is 11.6 Å². The first kappa shape index (κ1) is 15.8. The Morgan fingerprint density at radius 1 is 1.33 bits per heavy atom. The molecule has 0 bridgehead atoms. The van der Waals surface area contributed by atoms with E-state index in [9.17, 15) is 9.59 Å². The van der Waals surface area contributed by atoms with Gasteiger partial charge in [0.1, 0.15) is 0 Å². The van der Waals surface area contributed by atoms with Gasteiger partial charge < -0.3 is 15.0 Å². The summed E-state index contributed by atoms with van der Waals surface area (Å²) in [4.78, 5) is 24.7. The van der Waals surface area contributed by atoms with E-state index in [1.807, 2.05) is 12.1 Å². The predicted octanol–water partition coefficient (Wildman–Crippen LogP) is 0.746. The van der Waals surface area contributed by atoms with E-state index in [1.54, 1.807) is 12.1 Å². The van der Waals surface area contributed by atoms with Crippen LogP contribution < -0.4 is 10.2 Å². The first-order chi connectivity index (χ1) is 10.1. The highest BCUT2D eigenvalue weighted by atomic mass is 35.5. The Morgan fingerprint density at radius 2 is 2.00 bits per heavy atom. The third-order valence-electron chi connectivity index (χ3n) is 3.79. The SMILES string of the molecule is COC(=O)C1CC[NH+](CC(=O)Nc2ccccc2Cl)CC1. The minimum Gasteiger partial charge on any atom is -0.469 e. The second-order valence-electron chi connectivity index (χ2n) is 5.25. The molecule has 1 aromatic rings. The van der Waals surface area contributed by atoms with Gasteiger partial charge in [0.25, 0.3) is 5.91 Å². The smallest absolute Gasteiger partial charge is 0.309 e. The van der Waals surface area contributed by atoms with Crippen LogP contribution in [0.25, 0.3) is 0 Å². The maximum absolute atomic E-state index is 12.0. The number of hydrogen-bond donors (Lipinski definition) is 2. The number of amides is 1. The molecule has 2 N–H and O–H groups in total. The van der Waals surface area contributed by atoms with E-state index in [2.05, 4.69) is 5.32 Å². The zero-order chi connectivity index (χ0) is 15.2. The second kappa shape index (κ2) is 7.43. The number of ether oxygens (including phenoxy) is 1. The minimum atomic E-state index is -0.144. The zero-order valence-corrected chi connectivity index (χ0v) is 12.8. The number of hydrogen-bond acceptors (Lipinski definition) is 3. The molecule has 114 valence electrons. The lowest BCUT2D eigenvalue weighted by molar-refractivity contribution is -0.897. The van der Waals surface area contributed by atoms with E-state index in [0.29, 0.717) is 17.3 Å². The molecule has 0 radical (unpaired) electrons. The van der Waals surface area contributed by atoms with Crippen LogP contribution in [-0.2, 0) is 14.3 Å². The lowest BCUT2D eigenvalue weighted by Gasteiger charge is -2.27. The number of piperidine rings is 1. The van der Waals surface area contributed by atoms with Crippen molar-refractivity contribution in [3.05, 3.63) is 29.3 Å². The number of nitrogens with one attached hydrogen (secondary N) is 2. The van der Waals surface area contributed by atoms with Gasteiger partial charge in [-0.25, -0.2) is 0 Å². The molecular weight excluding hydrogens is 292 g/mol. The summed E-state index contributed by atoms with van der Waals surface area (Å²) in [5.74, 6) is -0.227. The highest BCUT2D eigenvalue weighted by Crippen LogP contribution is 2.20. The minimum absolute atomic E-state index is 0.0228. The fraction of sp³-hybridized carbons (Fsp3) is 0.467. The van der Waals surface area contributed by atoms with Crippen molar-refractivity contribution in [2.45, 2.75) is 12.8 Å². The molecule has 1 aliphatic heterocycles. The maximum Gasteiger partial charge on any atom is 0.309 e. The normalized spacial score (nSPS) is 21.6. The van der Waals surface area contributed by atoms with Crippen molar-refractivity contribution in [1.82, 2.24) is 0 Å². The molecule has 1 fully saturated rings. The Bertz CT molecular complexity index is 513. The molecule has 0 spiro atoms. The van der Waals surface area contributed by atoms with Crippen LogP contribution in [0.2, 0.25) is 5.02 Å². The Morgan fingerprint density at radius 3 is 2.62 bits per heavy atom. The van der Waals surface area contributed by atoms with Gasteiger partial charge in [-0.2, -0.15) is 0 Å². The summed E-state index contributed by atoms with van der Waals surface area (Å²) < 4.78 is 4.76. The van der Waals surface area contributed by atoms with E-state index in [4.69, 9.17) is 16.3 Å². The first-order valence-corrected chi connectivity index (χ1v) is 7.43. The van der Waals surface area contributed by atoms with Crippen molar-refractivity contribution in [2.24, 2.45) is 5.92 Å². The molecule has 6 heteroatoms. The molecule has 1 aliphatic rings. The number of methoxy groups -OCH3 is 1. The summed E-state index contributed by atoms with van der Waals surface area (Å²) in [7, 11) is 1.42. The lowest BCUT2D eigenvalue weighted by atomic mass is 9.97. The van der Waals surface area contributed by atoms with Crippen LogP contribution in [0.1, 0.15) is 12.8 Å². The monoisotopic (exact) mass is 311 g/mol. The molecular formula is C15H20ClN2O3+. The van der Waals surface area contributed by atoms with E-state index in [-0.39, 0.29) is 17.8 Å². The predicted molar refractivity (Wildman–Crippen MR) is 80.4 cm³/mol. The van der Waals surface area contributed by atoms with Crippen LogP contribution in [0.15, 0.2) is 24.3 Å². The highest BCUT2D eigenvalue weighted by molar-refractivity contribution is 6.33. The van der Waals surface area contributed by atoms with Crippen molar-refractivity contribution in [3.63, 3.8) is 0 Å².